The smallest absolute Gasteiger partial charge is 0.466 e. The van der Waals surface area contributed by atoms with E-state index in [1.54, 1.807) is 24.3 Å². The summed E-state index contributed by atoms with van der Waals surface area (Å²) in [4.78, 5) is 21.6. The number of nitrogen functional groups attached to an aromatic ring is 1. The normalized spacial score (nSPS) is 9.36. The van der Waals surface area contributed by atoms with E-state index in [0.717, 1.165) is 0 Å². The summed E-state index contributed by atoms with van der Waals surface area (Å²) in [5, 5.41) is 8.70. The van der Waals surface area contributed by atoms with Crippen molar-refractivity contribution < 1.29 is 24.4 Å². The second-order valence-electron chi connectivity index (χ2n) is 2.10. The van der Waals surface area contributed by atoms with Crippen LogP contribution in [0, 0.1) is 0 Å². The zero-order valence-corrected chi connectivity index (χ0v) is 8.13. The van der Waals surface area contributed by atoms with Crippen molar-refractivity contribution >= 4 is 13.5 Å². The number of rotatable bonds is 0. The maximum atomic E-state index is 8.88. The minimum absolute atomic E-state index is 0. The second kappa shape index (κ2) is 6.36. The molecule has 0 saturated heterocycles. The van der Waals surface area contributed by atoms with Gasteiger partial charge in [-0.1, -0.05) is 0 Å². The van der Waals surface area contributed by atoms with Gasteiger partial charge < -0.3 is 31.7 Å². The lowest BCUT2D eigenvalue weighted by Crippen LogP contribution is -1.80. The van der Waals surface area contributed by atoms with E-state index in [-0.39, 0.29) is 11.9 Å². The molecule has 7 nitrogen and oxygen atoms in total. The first-order valence-electron chi connectivity index (χ1n) is 3.12. The van der Waals surface area contributed by atoms with Crippen LogP contribution in [0.2, 0.25) is 0 Å². The van der Waals surface area contributed by atoms with Gasteiger partial charge in [-0.05, 0) is 24.3 Å². The standard InChI is InChI=1S/C6H7NO.H3N.H3O4P/c7-5-1-3-6(8)4-2-5;;1-5(2,3)4/h1-4,8H,7H2;1H3;(H3,1,2,3,4). The number of hydrogen-bond donors (Lipinski definition) is 6. The van der Waals surface area contributed by atoms with Crippen LogP contribution in [0.1, 0.15) is 0 Å². The van der Waals surface area contributed by atoms with Crippen molar-refractivity contribution in [1.82, 2.24) is 6.15 Å². The third-order valence-corrected chi connectivity index (χ3v) is 0.893. The number of phosphoric acid groups is 1. The molecule has 0 bridgehead atoms. The van der Waals surface area contributed by atoms with Gasteiger partial charge in [-0.25, -0.2) is 4.57 Å². The highest BCUT2D eigenvalue weighted by Crippen LogP contribution is 2.25. The van der Waals surface area contributed by atoms with Crippen LogP contribution in [0.15, 0.2) is 24.3 Å². The SMILES string of the molecule is N.Nc1ccc(O)cc1.O=P(O)(O)O. The van der Waals surface area contributed by atoms with Crippen molar-refractivity contribution in [3.8, 4) is 5.75 Å². The van der Waals surface area contributed by atoms with E-state index in [2.05, 4.69) is 0 Å². The van der Waals surface area contributed by atoms with Crippen LogP contribution >= 0.6 is 7.82 Å². The quantitative estimate of drug-likeness (QED) is 0.208. The van der Waals surface area contributed by atoms with E-state index in [0.29, 0.717) is 5.69 Å². The summed E-state index contributed by atoms with van der Waals surface area (Å²) in [6.45, 7) is 0. The molecule has 9 N–H and O–H groups in total. The highest BCUT2D eigenvalue weighted by molar-refractivity contribution is 7.45. The van der Waals surface area contributed by atoms with Crippen LogP contribution in [0.3, 0.4) is 0 Å². The molecule has 0 spiro atoms. The van der Waals surface area contributed by atoms with Crippen molar-refractivity contribution in [1.29, 1.82) is 0 Å². The molecule has 0 saturated carbocycles. The lowest BCUT2D eigenvalue weighted by Gasteiger charge is -1.89. The van der Waals surface area contributed by atoms with Gasteiger partial charge in [0.2, 0.25) is 0 Å². The molecule has 0 heterocycles. The van der Waals surface area contributed by atoms with Crippen molar-refractivity contribution in [2.24, 2.45) is 0 Å². The molecule has 82 valence electrons. The largest absolute Gasteiger partial charge is 0.508 e. The molecule has 0 radical (unpaired) electrons. The lowest BCUT2D eigenvalue weighted by molar-refractivity contribution is 0.275. The molecule has 0 unspecified atom stereocenters. The van der Waals surface area contributed by atoms with Gasteiger partial charge in [-0.15, -0.1) is 0 Å². The summed E-state index contributed by atoms with van der Waals surface area (Å²) in [6, 6.07) is 6.40. The molecule has 0 aliphatic heterocycles. The van der Waals surface area contributed by atoms with Crippen LogP contribution in [0.5, 0.6) is 5.75 Å². The first kappa shape index (κ1) is 15.4. The van der Waals surface area contributed by atoms with Crippen molar-refractivity contribution in [2.45, 2.75) is 0 Å². The zero-order valence-electron chi connectivity index (χ0n) is 7.24. The third kappa shape index (κ3) is 13.5. The number of nitrogens with two attached hydrogens (primary N) is 1. The minimum atomic E-state index is -4.64. The van der Waals surface area contributed by atoms with E-state index in [1.807, 2.05) is 0 Å². The van der Waals surface area contributed by atoms with E-state index in [1.165, 1.54) is 0 Å². The molecule has 0 aliphatic rings. The molecule has 14 heavy (non-hydrogen) atoms. The first-order valence-corrected chi connectivity index (χ1v) is 4.68. The van der Waals surface area contributed by atoms with Crippen LogP contribution < -0.4 is 11.9 Å². The summed E-state index contributed by atoms with van der Waals surface area (Å²) in [5.41, 5.74) is 5.98. The molecule has 0 aliphatic carbocycles. The fraction of sp³-hybridized carbons (Fsp3) is 0. The molecule has 0 amide bonds. The summed E-state index contributed by atoms with van der Waals surface area (Å²) in [5.74, 6) is 0.249. The van der Waals surface area contributed by atoms with Gasteiger partial charge in [0.05, 0.1) is 0 Å². The molecule has 0 aromatic heterocycles. The van der Waals surface area contributed by atoms with E-state index < -0.39 is 7.82 Å². The summed E-state index contributed by atoms with van der Waals surface area (Å²) in [6.07, 6.45) is 0. The summed E-state index contributed by atoms with van der Waals surface area (Å²) in [7, 11) is -4.64. The minimum Gasteiger partial charge on any atom is -0.508 e. The fourth-order valence-electron chi connectivity index (χ4n) is 0.474. The maximum absolute atomic E-state index is 8.88. The Kier molecular flexibility index (Phi) is 6.98. The predicted molar refractivity (Wildman–Crippen MR) is 51.8 cm³/mol. The van der Waals surface area contributed by atoms with Crippen LogP contribution in [0.4, 0.5) is 5.69 Å². The van der Waals surface area contributed by atoms with E-state index >= 15 is 0 Å². The Bertz CT molecular complexity index is 266. The summed E-state index contributed by atoms with van der Waals surface area (Å²) < 4.78 is 8.88. The van der Waals surface area contributed by atoms with Crippen molar-refractivity contribution in [3.63, 3.8) is 0 Å². The van der Waals surface area contributed by atoms with Gasteiger partial charge in [-0.2, -0.15) is 0 Å². The van der Waals surface area contributed by atoms with Gasteiger partial charge in [0.15, 0.2) is 0 Å². The average Bonchev–Trinajstić information content (AvgIpc) is 1.92. The Morgan fingerprint density at radius 1 is 1.07 bits per heavy atom. The molecule has 1 aromatic carbocycles. The Balaban J connectivity index is 0. The Morgan fingerprint density at radius 3 is 1.57 bits per heavy atom. The first-order chi connectivity index (χ1) is 5.79. The van der Waals surface area contributed by atoms with Gasteiger partial charge in [0.25, 0.3) is 0 Å². The Hall–Kier alpha value is -1.11. The fourth-order valence-corrected chi connectivity index (χ4v) is 0.474. The van der Waals surface area contributed by atoms with E-state index in [9.17, 15) is 0 Å². The molecule has 8 heteroatoms. The molecule has 0 atom stereocenters. The third-order valence-electron chi connectivity index (χ3n) is 0.893. The highest BCUT2D eigenvalue weighted by atomic mass is 31.2. The lowest BCUT2D eigenvalue weighted by atomic mass is 10.3. The van der Waals surface area contributed by atoms with Gasteiger partial charge in [0.1, 0.15) is 5.75 Å². The highest BCUT2D eigenvalue weighted by Gasteiger charge is 2.00. The number of phenols is 1. The van der Waals surface area contributed by atoms with Crippen molar-refractivity contribution in [2.75, 3.05) is 5.73 Å². The van der Waals surface area contributed by atoms with Crippen LogP contribution in [-0.2, 0) is 4.57 Å². The number of aromatic hydroxyl groups is 1. The average molecular weight is 224 g/mol. The van der Waals surface area contributed by atoms with Gasteiger partial charge >= 0.3 is 7.82 Å². The number of benzene rings is 1. The molecule has 1 aromatic rings. The van der Waals surface area contributed by atoms with E-state index in [4.69, 9.17) is 30.1 Å². The van der Waals surface area contributed by atoms with Gasteiger partial charge in [-0.3, -0.25) is 0 Å². The predicted octanol–water partition coefficient (Wildman–Crippen LogP) is 0.208. The molecule has 1 rings (SSSR count). The number of anilines is 1. The second-order valence-corrected chi connectivity index (χ2v) is 3.13. The van der Waals surface area contributed by atoms with Crippen LogP contribution in [0.25, 0.3) is 0 Å². The van der Waals surface area contributed by atoms with Crippen LogP contribution in [-0.4, -0.2) is 19.8 Å². The number of hydrogen-bond acceptors (Lipinski definition) is 4. The Morgan fingerprint density at radius 2 is 1.36 bits per heavy atom. The maximum Gasteiger partial charge on any atom is 0.466 e. The molecular formula is C6H13N2O5P. The topological polar surface area (TPSA) is 159 Å². The zero-order chi connectivity index (χ0) is 10.5. The van der Waals surface area contributed by atoms with Gasteiger partial charge in [0, 0.05) is 5.69 Å². The molecular weight excluding hydrogens is 211 g/mol. The monoisotopic (exact) mass is 224 g/mol. The molecule has 0 fully saturated rings. The number of phenolic OH excluding ortho intramolecular Hbond substituents is 1. The summed E-state index contributed by atoms with van der Waals surface area (Å²) >= 11 is 0. The Labute approximate surface area is 80.6 Å². The van der Waals surface area contributed by atoms with Crippen molar-refractivity contribution in [3.05, 3.63) is 24.3 Å².